The van der Waals surface area contributed by atoms with E-state index in [0.29, 0.717) is 39.3 Å². The summed E-state index contributed by atoms with van der Waals surface area (Å²) >= 11 is 9.82. The largest absolute Gasteiger partial charge is 0.407 e. The zero-order chi connectivity index (χ0) is 37.4. The van der Waals surface area contributed by atoms with Crippen LogP contribution in [0, 0.1) is 23.1 Å². The number of ether oxygens (including phenoxy) is 1. The van der Waals surface area contributed by atoms with Crippen LogP contribution >= 0.6 is 27.5 Å². The number of benzene rings is 4. The molecule has 0 spiro atoms. The van der Waals surface area contributed by atoms with Crippen molar-refractivity contribution in [3.63, 3.8) is 0 Å². The van der Waals surface area contributed by atoms with E-state index >= 15 is 4.39 Å². The summed E-state index contributed by atoms with van der Waals surface area (Å²) in [5.41, 5.74) is 0.211. The molecule has 270 valence electrons. The summed E-state index contributed by atoms with van der Waals surface area (Å²) in [4.78, 5) is 20.6. The van der Waals surface area contributed by atoms with Crippen LogP contribution in [0.4, 0.5) is 4.39 Å². The second-order valence-electron chi connectivity index (χ2n) is 14.8. The van der Waals surface area contributed by atoms with Gasteiger partial charge in [0, 0.05) is 33.8 Å². The Bertz CT molecular complexity index is 2100. The zero-order valence-corrected chi connectivity index (χ0v) is 33.2. The summed E-state index contributed by atoms with van der Waals surface area (Å²) in [6.07, 6.45) is 3.52. The quantitative estimate of drug-likeness (QED) is 0.132. The fraction of sp³-hybridized carbons (Fsp3) is 0.279. The van der Waals surface area contributed by atoms with Crippen LogP contribution in [0.1, 0.15) is 72.8 Å². The van der Waals surface area contributed by atoms with Gasteiger partial charge in [0.25, 0.3) is 14.2 Å². The number of nitriles is 1. The van der Waals surface area contributed by atoms with E-state index < -0.39 is 19.9 Å². The number of amides is 1. The fourth-order valence-electron chi connectivity index (χ4n) is 8.17. The Morgan fingerprint density at radius 3 is 2.23 bits per heavy atom. The van der Waals surface area contributed by atoms with E-state index in [0.717, 1.165) is 12.8 Å². The lowest BCUT2D eigenvalue weighted by molar-refractivity contribution is -0.161. The third-order valence-corrected chi connectivity index (χ3v) is 16.3. The second-order valence-corrected chi connectivity index (χ2v) is 20.5. The average Bonchev–Trinajstić information content (AvgIpc) is 3.69. The van der Waals surface area contributed by atoms with E-state index in [1.807, 2.05) is 12.1 Å². The number of nitrogens with zero attached hydrogens (tertiary/aromatic N) is 3. The van der Waals surface area contributed by atoms with Crippen molar-refractivity contribution >= 4 is 52.1 Å². The van der Waals surface area contributed by atoms with Gasteiger partial charge in [-0.1, -0.05) is 128 Å². The highest BCUT2D eigenvalue weighted by atomic mass is 79.9. The van der Waals surface area contributed by atoms with Gasteiger partial charge in [0.1, 0.15) is 11.9 Å². The van der Waals surface area contributed by atoms with Gasteiger partial charge in [-0.15, -0.1) is 0 Å². The van der Waals surface area contributed by atoms with E-state index in [1.54, 1.807) is 47.4 Å². The van der Waals surface area contributed by atoms with Crippen molar-refractivity contribution in [2.45, 2.75) is 63.4 Å². The summed E-state index contributed by atoms with van der Waals surface area (Å²) in [7, 11) is -2.87. The van der Waals surface area contributed by atoms with Crippen molar-refractivity contribution in [2.24, 2.45) is 5.92 Å². The number of fused-ring (bicyclic) bond motifs is 1. The standard InChI is InChI=1S/C43H40BrClFN3O3Si/c1-42(2,3)53(35-12-6-4-7-13-35,36-14-8-5-9-15-36)51-28-30-11-10-16-39(30)52-43(31-18-20-33(45)21-19-31)40-37(23-32(44)24-38(40)46)41(50)49(43)27-34-22-17-29(25-47)26-48-34/h4-9,12-15,17-24,26,30,39H,10-11,16,27-28H2,1-3H3/t30-,39-,43+/m0/s1. The van der Waals surface area contributed by atoms with Crippen molar-refractivity contribution in [3.05, 3.63) is 159 Å². The number of hydrogen-bond donors (Lipinski definition) is 0. The zero-order valence-electron chi connectivity index (χ0n) is 29.9. The van der Waals surface area contributed by atoms with Crippen molar-refractivity contribution in [1.82, 2.24) is 9.88 Å². The smallest absolute Gasteiger partial charge is 0.261 e. The summed E-state index contributed by atoms with van der Waals surface area (Å²) in [5.74, 6) is -1.00. The Morgan fingerprint density at radius 1 is 0.981 bits per heavy atom. The SMILES string of the molecule is CC(C)(C)[Si](OC[C@@H]1CCC[C@@H]1O[C@]1(c2ccc(Cl)cc2)c2c(F)cc(Br)cc2C(=O)N1Cc1ccc(C#N)cn1)(c1ccccc1)c1ccccc1. The molecule has 2 heterocycles. The van der Waals surface area contributed by atoms with Gasteiger partial charge >= 0.3 is 0 Å². The molecule has 1 aromatic heterocycles. The number of rotatable bonds is 10. The fourth-order valence-corrected chi connectivity index (χ4v) is 13.3. The van der Waals surface area contributed by atoms with Gasteiger partial charge in [-0.25, -0.2) is 4.39 Å². The van der Waals surface area contributed by atoms with E-state index in [4.69, 9.17) is 20.8 Å². The molecule has 7 rings (SSSR count). The second kappa shape index (κ2) is 14.9. The molecule has 0 saturated heterocycles. The lowest BCUT2D eigenvalue weighted by Gasteiger charge is -2.45. The van der Waals surface area contributed by atoms with Crippen LogP contribution < -0.4 is 10.4 Å². The highest BCUT2D eigenvalue weighted by Gasteiger charge is 2.57. The van der Waals surface area contributed by atoms with Crippen LogP contribution in [-0.4, -0.2) is 36.8 Å². The predicted molar refractivity (Wildman–Crippen MR) is 211 cm³/mol. The Balaban J connectivity index is 1.33. The van der Waals surface area contributed by atoms with Gasteiger partial charge in [0.05, 0.1) is 35.0 Å². The first-order chi connectivity index (χ1) is 25.5. The molecule has 3 atom stereocenters. The molecular formula is C43H40BrClFN3O3Si. The minimum Gasteiger partial charge on any atom is -0.407 e. The van der Waals surface area contributed by atoms with Gasteiger partial charge in [-0.05, 0) is 64.7 Å². The van der Waals surface area contributed by atoms with Crippen LogP contribution in [0.15, 0.2) is 120 Å². The van der Waals surface area contributed by atoms with Crippen LogP contribution in [0.2, 0.25) is 10.1 Å². The molecule has 0 radical (unpaired) electrons. The summed E-state index contributed by atoms with van der Waals surface area (Å²) in [6.45, 7) is 7.21. The highest BCUT2D eigenvalue weighted by molar-refractivity contribution is 9.10. The Morgan fingerprint density at radius 2 is 1.64 bits per heavy atom. The van der Waals surface area contributed by atoms with Crippen LogP contribution in [0.25, 0.3) is 0 Å². The number of pyridine rings is 1. The third-order valence-electron chi connectivity index (χ3n) is 10.6. The Labute approximate surface area is 324 Å². The molecule has 0 N–H and O–H groups in total. The molecule has 1 aliphatic carbocycles. The van der Waals surface area contributed by atoms with Gasteiger partial charge in [-0.3, -0.25) is 14.7 Å². The highest BCUT2D eigenvalue weighted by Crippen LogP contribution is 2.51. The van der Waals surface area contributed by atoms with Gasteiger partial charge < -0.3 is 9.16 Å². The Kier molecular flexibility index (Phi) is 10.5. The predicted octanol–water partition coefficient (Wildman–Crippen LogP) is 9.13. The number of carbonyl (C=O) groups is 1. The van der Waals surface area contributed by atoms with Crippen LogP contribution in [0.3, 0.4) is 0 Å². The lowest BCUT2D eigenvalue weighted by Crippen LogP contribution is -2.67. The topological polar surface area (TPSA) is 75.5 Å². The molecule has 0 unspecified atom stereocenters. The first kappa shape index (κ1) is 37.2. The molecule has 4 aromatic carbocycles. The number of carbonyl (C=O) groups excluding carboxylic acids is 1. The maximum absolute atomic E-state index is 16.6. The van der Waals surface area contributed by atoms with Crippen molar-refractivity contribution in [3.8, 4) is 6.07 Å². The molecule has 0 bridgehead atoms. The molecule has 10 heteroatoms. The molecule has 6 nitrogen and oxygen atoms in total. The maximum atomic E-state index is 16.6. The molecule has 1 fully saturated rings. The van der Waals surface area contributed by atoms with E-state index in [2.05, 4.69) is 96.3 Å². The van der Waals surface area contributed by atoms with Gasteiger partial charge in [-0.2, -0.15) is 5.26 Å². The third kappa shape index (κ3) is 6.77. The van der Waals surface area contributed by atoms with Gasteiger partial charge in [0.15, 0.2) is 0 Å². The monoisotopic (exact) mass is 807 g/mol. The summed E-state index contributed by atoms with van der Waals surface area (Å²) in [6, 6.07) is 36.6. The molecule has 5 aromatic rings. The molecule has 1 aliphatic heterocycles. The van der Waals surface area contributed by atoms with Crippen molar-refractivity contribution in [2.75, 3.05) is 6.61 Å². The van der Waals surface area contributed by atoms with E-state index in [-0.39, 0.29) is 40.6 Å². The first-order valence-corrected chi connectivity index (χ1v) is 20.9. The lowest BCUT2D eigenvalue weighted by atomic mass is 9.92. The molecular weight excluding hydrogens is 769 g/mol. The van der Waals surface area contributed by atoms with Crippen molar-refractivity contribution in [1.29, 1.82) is 5.26 Å². The molecule has 1 saturated carbocycles. The van der Waals surface area contributed by atoms with Crippen LogP contribution in [-0.2, 0) is 21.4 Å². The van der Waals surface area contributed by atoms with Crippen molar-refractivity contribution < 1.29 is 18.3 Å². The van der Waals surface area contributed by atoms with E-state index in [1.165, 1.54) is 22.6 Å². The summed E-state index contributed by atoms with van der Waals surface area (Å²) in [5, 5.41) is 12.1. The van der Waals surface area contributed by atoms with Gasteiger partial charge in [0.2, 0.25) is 5.72 Å². The first-order valence-electron chi connectivity index (χ1n) is 17.8. The normalized spacial score (nSPS) is 20.0. The maximum Gasteiger partial charge on any atom is 0.261 e. The molecule has 53 heavy (non-hydrogen) atoms. The van der Waals surface area contributed by atoms with E-state index in [9.17, 15) is 10.1 Å². The van der Waals surface area contributed by atoms with Crippen LogP contribution in [0.5, 0.6) is 0 Å². The summed E-state index contributed by atoms with van der Waals surface area (Å²) < 4.78 is 31.8. The number of hydrogen-bond acceptors (Lipinski definition) is 5. The minimum absolute atomic E-state index is 0.00879. The minimum atomic E-state index is -2.87. The average molecular weight is 809 g/mol. The molecule has 2 aliphatic rings. The Hall–Kier alpha value is -4.17. The molecule has 1 amide bonds. The number of aromatic nitrogens is 1. The number of halogens is 3.